The number of aliphatic hydroxyl groups is 1. The van der Waals surface area contributed by atoms with Gasteiger partial charge >= 0.3 is 0 Å². The molecule has 1 saturated carbocycles. The van der Waals surface area contributed by atoms with E-state index in [9.17, 15) is 5.11 Å². The summed E-state index contributed by atoms with van der Waals surface area (Å²) in [5.74, 6) is 0.442. The monoisotopic (exact) mass is 228 g/mol. The molecule has 0 saturated heterocycles. The van der Waals surface area contributed by atoms with Crippen LogP contribution >= 0.6 is 11.6 Å². The van der Waals surface area contributed by atoms with Gasteiger partial charge in [-0.1, -0.05) is 11.6 Å². The minimum atomic E-state index is -0.525. The van der Waals surface area contributed by atoms with Crippen LogP contribution in [0, 0.1) is 0 Å². The fourth-order valence-corrected chi connectivity index (χ4v) is 2.09. The molecule has 0 radical (unpaired) electrons. The highest BCUT2D eigenvalue weighted by atomic mass is 35.5. The molecule has 0 aromatic carbocycles. The number of hydrogen-bond donors (Lipinski definition) is 2. The molecule has 4 nitrogen and oxygen atoms in total. The lowest BCUT2D eigenvalue weighted by Gasteiger charge is -2.42. The van der Waals surface area contributed by atoms with E-state index in [1.165, 1.54) is 7.11 Å². The molecule has 0 aliphatic heterocycles. The predicted octanol–water partition coefficient (Wildman–Crippen LogP) is 1.05. The van der Waals surface area contributed by atoms with Crippen molar-refractivity contribution in [1.29, 1.82) is 0 Å². The van der Waals surface area contributed by atoms with Crippen molar-refractivity contribution in [2.24, 2.45) is 5.73 Å². The lowest BCUT2D eigenvalue weighted by molar-refractivity contribution is 0.0196. The van der Waals surface area contributed by atoms with Crippen LogP contribution in [0.5, 0.6) is 5.88 Å². The third-order valence-electron chi connectivity index (χ3n) is 2.76. The molecule has 1 aliphatic rings. The van der Waals surface area contributed by atoms with Gasteiger partial charge in [0.25, 0.3) is 0 Å². The summed E-state index contributed by atoms with van der Waals surface area (Å²) >= 11 is 5.75. The maximum atomic E-state index is 9.30. The number of ether oxygens (including phenoxy) is 1. The number of nitrogens with zero attached hydrogens (tertiary/aromatic N) is 1. The van der Waals surface area contributed by atoms with Crippen molar-refractivity contribution >= 4 is 11.6 Å². The Morgan fingerprint density at radius 2 is 2.27 bits per heavy atom. The maximum Gasteiger partial charge on any atom is 0.219 e. The summed E-state index contributed by atoms with van der Waals surface area (Å²) < 4.78 is 5.13. The van der Waals surface area contributed by atoms with E-state index < -0.39 is 5.54 Å². The van der Waals surface area contributed by atoms with Crippen LogP contribution in [0.4, 0.5) is 0 Å². The maximum absolute atomic E-state index is 9.30. The minimum absolute atomic E-state index is 0.324. The number of hydrogen-bond acceptors (Lipinski definition) is 4. The summed E-state index contributed by atoms with van der Waals surface area (Å²) in [6, 6.07) is 3.48. The Labute approximate surface area is 93.0 Å². The highest BCUT2D eigenvalue weighted by Gasteiger charge is 2.43. The van der Waals surface area contributed by atoms with Gasteiger partial charge in [-0.3, -0.25) is 0 Å². The third kappa shape index (κ3) is 1.80. The first kappa shape index (κ1) is 10.7. The molecule has 0 amide bonds. The number of methoxy groups -OCH3 is 1. The number of pyridine rings is 1. The van der Waals surface area contributed by atoms with E-state index in [1.807, 2.05) is 0 Å². The molecular weight excluding hydrogens is 216 g/mol. The van der Waals surface area contributed by atoms with Crippen LogP contribution < -0.4 is 10.5 Å². The molecule has 1 fully saturated rings. The molecule has 3 N–H and O–H groups in total. The molecule has 2 rings (SSSR count). The molecule has 0 spiro atoms. The van der Waals surface area contributed by atoms with Gasteiger partial charge in [-0.15, -0.1) is 0 Å². The number of rotatable bonds is 2. The topological polar surface area (TPSA) is 68.4 Å². The second-order valence-corrected chi connectivity index (χ2v) is 4.30. The fourth-order valence-electron chi connectivity index (χ4n) is 1.95. The zero-order valence-electron chi connectivity index (χ0n) is 8.40. The second kappa shape index (κ2) is 3.63. The van der Waals surface area contributed by atoms with Crippen molar-refractivity contribution in [1.82, 2.24) is 4.98 Å². The summed E-state index contributed by atoms with van der Waals surface area (Å²) in [4.78, 5) is 4.05. The first-order chi connectivity index (χ1) is 7.05. The highest BCUT2D eigenvalue weighted by molar-refractivity contribution is 6.29. The van der Waals surface area contributed by atoms with Gasteiger partial charge < -0.3 is 15.6 Å². The third-order valence-corrected chi connectivity index (χ3v) is 2.97. The minimum Gasteiger partial charge on any atom is -0.481 e. The van der Waals surface area contributed by atoms with Crippen LogP contribution in [-0.2, 0) is 5.54 Å². The Morgan fingerprint density at radius 1 is 1.60 bits per heavy atom. The summed E-state index contributed by atoms with van der Waals surface area (Å²) in [6.45, 7) is 0. The molecule has 0 atom stereocenters. The van der Waals surface area contributed by atoms with Crippen LogP contribution in [0.3, 0.4) is 0 Å². The number of aromatic nitrogens is 1. The average Bonchev–Trinajstić information content (AvgIpc) is 2.15. The average molecular weight is 229 g/mol. The van der Waals surface area contributed by atoms with Gasteiger partial charge in [0.05, 0.1) is 18.8 Å². The van der Waals surface area contributed by atoms with Crippen molar-refractivity contribution in [2.75, 3.05) is 7.11 Å². The lowest BCUT2D eigenvalue weighted by atomic mass is 9.71. The zero-order valence-corrected chi connectivity index (χ0v) is 9.16. The molecule has 1 aromatic rings. The van der Waals surface area contributed by atoms with Crippen LogP contribution in [0.15, 0.2) is 12.1 Å². The molecule has 1 aliphatic carbocycles. The quantitative estimate of drug-likeness (QED) is 0.743. The molecule has 15 heavy (non-hydrogen) atoms. The Hall–Kier alpha value is -0.840. The van der Waals surface area contributed by atoms with E-state index in [4.69, 9.17) is 22.1 Å². The van der Waals surface area contributed by atoms with Crippen molar-refractivity contribution in [3.8, 4) is 5.88 Å². The molecule has 1 heterocycles. The van der Waals surface area contributed by atoms with Crippen molar-refractivity contribution in [3.63, 3.8) is 0 Å². The molecule has 1 aromatic heterocycles. The van der Waals surface area contributed by atoms with Gasteiger partial charge in [0.1, 0.15) is 5.15 Å². The van der Waals surface area contributed by atoms with E-state index in [-0.39, 0.29) is 6.10 Å². The van der Waals surface area contributed by atoms with Crippen LogP contribution in [0.25, 0.3) is 0 Å². The summed E-state index contributed by atoms with van der Waals surface area (Å²) in [6.07, 6.45) is 0.745. The van der Waals surface area contributed by atoms with E-state index >= 15 is 0 Å². The summed E-state index contributed by atoms with van der Waals surface area (Å²) in [7, 11) is 1.53. The normalized spacial score (nSPS) is 29.7. The summed E-state index contributed by atoms with van der Waals surface area (Å²) in [5.41, 5.74) is 6.40. The smallest absolute Gasteiger partial charge is 0.219 e. The molecular formula is C10H13ClN2O2. The largest absolute Gasteiger partial charge is 0.481 e. The van der Waals surface area contributed by atoms with Crippen LogP contribution in [0.1, 0.15) is 18.4 Å². The Kier molecular flexibility index (Phi) is 2.58. The van der Waals surface area contributed by atoms with E-state index in [1.54, 1.807) is 12.1 Å². The van der Waals surface area contributed by atoms with E-state index in [2.05, 4.69) is 4.98 Å². The highest BCUT2D eigenvalue weighted by Crippen LogP contribution is 2.42. The Bertz CT molecular complexity index is 378. The van der Waals surface area contributed by atoms with Gasteiger partial charge in [0.2, 0.25) is 5.88 Å². The lowest BCUT2D eigenvalue weighted by Crippen LogP contribution is -2.51. The Morgan fingerprint density at radius 3 is 2.80 bits per heavy atom. The molecule has 0 bridgehead atoms. The van der Waals surface area contributed by atoms with Gasteiger partial charge in [0, 0.05) is 5.56 Å². The summed E-state index contributed by atoms with van der Waals surface area (Å²) in [5, 5.41) is 9.67. The molecule has 5 heteroatoms. The van der Waals surface area contributed by atoms with Crippen molar-refractivity contribution in [3.05, 3.63) is 22.8 Å². The Balaban J connectivity index is 2.36. The van der Waals surface area contributed by atoms with Gasteiger partial charge in [-0.25, -0.2) is 4.98 Å². The number of nitrogens with two attached hydrogens (primary N) is 1. The van der Waals surface area contributed by atoms with Gasteiger partial charge in [-0.05, 0) is 25.0 Å². The number of halogens is 1. The fraction of sp³-hybridized carbons (Fsp3) is 0.500. The molecule has 82 valence electrons. The van der Waals surface area contributed by atoms with E-state index in [0.717, 1.165) is 5.56 Å². The van der Waals surface area contributed by atoms with Gasteiger partial charge in [0.15, 0.2) is 0 Å². The zero-order chi connectivity index (χ0) is 11.1. The van der Waals surface area contributed by atoms with Crippen LogP contribution in [-0.4, -0.2) is 23.3 Å². The van der Waals surface area contributed by atoms with Gasteiger partial charge in [-0.2, -0.15) is 0 Å². The second-order valence-electron chi connectivity index (χ2n) is 3.91. The predicted molar refractivity (Wildman–Crippen MR) is 56.9 cm³/mol. The first-order valence-corrected chi connectivity index (χ1v) is 5.11. The van der Waals surface area contributed by atoms with Crippen molar-refractivity contribution < 1.29 is 9.84 Å². The number of aliphatic hydroxyl groups excluding tert-OH is 1. The van der Waals surface area contributed by atoms with Crippen molar-refractivity contribution in [2.45, 2.75) is 24.5 Å². The van der Waals surface area contributed by atoms with Crippen LogP contribution in [0.2, 0.25) is 5.15 Å². The van der Waals surface area contributed by atoms with E-state index in [0.29, 0.717) is 23.9 Å². The standard InChI is InChI=1S/C10H13ClN2O2/c1-15-9-7(2-3-8(11)13-9)10(12)4-6(14)5-10/h2-3,6,14H,4-5,12H2,1H3. The SMILES string of the molecule is COc1nc(Cl)ccc1C1(N)CC(O)C1. The first-order valence-electron chi connectivity index (χ1n) is 4.73. The molecule has 0 unspecified atom stereocenters.